The molecule has 1 amide bonds. The molecule has 1 unspecified atom stereocenters. The molecule has 0 saturated carbocycles. The molecule has 3 rings (SSSR count). The molecule has 2 saturated heterocycles. The van der Waals surface area contributed by atoms with Gasteiger partial charge in [-0.1, -0.05) is 19.4 Å². The van der Waals surface area contributed by atoms with Gasteiger partial charge in [0.1, 0.15) is 0 Å². The van der Waals surface area contributed by atoms with Gasteiger partial charge in [0, 0.05) is 31.5 Å². The third-order valence-electron chi connectivity index (χ3n) is 4.42. The number of hydrogen-bond donors (Lipinski definition) is 0. The number of thioether (sulfide) groups is 1. The number of pyridine rings is 1. The highest BCUT2D eigenvalue weighted by molar-refractivity contribution is 8.01. The summed E-state index contributed by atoms with van der Waals surface area (Å²) in [5.41, 5.74) is 0.985. The standard InChI is InChI=1S/C17H24N2O2S/c1-2-3-7-16(20)19-12-17(13-19)9-15(11-22-17)21-10-14-6-4-5-8-18-14/h4-6,8,15H,2-3,7,9-13H2,1H3. The lowest BCUT2D eigenvalue weighted by molar-refractivity contribution is -0.136. The highest BCUT2D eigenvalue weighted by Crippen LogP contribution is 2.46. The van der Waals surface area contributed by atoms with Crippen LogP contribution < -0.4 is 0 Å². The van der Waals surface area contributed by atoms with Crippen LogP contribution in [0.25, 0.3) is 0 Å². The lowest BCUT2D eigenvalue weighted by Gasteiger charge is -2.47. The van der Waals surface area contributed by atoms with Crippen LogP contribution in [-0.4, -0.2) is 45.5 Å². The van der Waals surface area contributed by atoms with Crippen LogP contribution in [0, 0.1) is 0 Å². The van der Waals surface area contributed by atoms with Crippen molar-refractivity contribution in [1.82, 2.24) is 9.88 Å². The van der Waals surface area contributed by atoms with Crippen LogP contribution in [0.5, 0.6) is 0 Å². The Kier molecular flexibility index (Phi) is 5.03. The lowest BCUT2D eigenvalue weighted by Crippen LogP contribution is -2.60. The van der Waals surface area contributed by atoms with Gasteiger partial charge in [0.2, 0.25) is 5.91 Å². The Morgan fingerprint density at radius 2 is 2.36 bits per heavy atom. The molecule has 2 aliphatic rings. The van der Waals surface area contributed by atoms with Crippen molar-refractivity contribution in [1.29, 1.82) is 0 Å². The summed E-state index contributed by atoms with van der Waals surface area (Å²) >= 11 is 1.98. The first kappa shape index (κ1) is 15.8. The zero-order valence-electron chi connectivity index (χ0n) is 13.2. The summed E-state index contributed by atoms with van der Waals surface area (Å²) < 4.78 is 6.25. The van der Waals surface area contributed by atoms with Crippen LogP contribution in [-0.2, 0) is 16.1 Å². The normalized spacial score (nSPS) is 22.8. The average molecular weight is 320 g/mol. The Morgan fingerprint density at radius 1 is 1.50 bits per heavy atom. The summed E-state index contributed by atoms with van der Waals surface area (Å²) in [5.74, 6) is 1.36. The van der Waals surface area contributed by atoms with Crippen LogP contribution in [0.15, 0.2) is 24.4 Å². The maximum Gasteiger partial charge on any atom is 0.222 e. The molecular formula is C17H24N2O2S. The van der Waals surface area contributed by atoms with Crippen LogP contribution in [0.3, 0.4) is 0 Å². The minimum Gasteiger partial charge on any atom is -0.371 e. The van der Waals surface area contributed by atoms with Crippen molar-refractivity contribution in [2.75, 3.05) is 18.8 Å². The molecule has 0 aromatic carbocycles. The molecule has 22 heavy (non-hydrogen) atoms. The third-order valence-corrected chi connectivity index (χ3v) is 6.00. The molecule has 0 aliphatic carbocycles. The fourth-order valence-corrected chi connectivity index (χ4v) is 4.68. The summed E-state index contributed by atoms with van der Waals surface area (Å²) in [6.45, 7) is 4.52. The number of unbranched alkanes of at least 4 members (excludes halogenated alkanes) is 1. The van der Waals surface area contributed by atoms with Gasteiger partial charge in [-0.2, -0.15) is 0 Å². The Labute approximate surface area is 136 Å². The van der Waals surface area contributed by atoms with E-state index in [1.54, 1.807) is 6.20 Å². The summed E-state index contributed by atoms with van der Waals surface area (Å²) in [5, 5.41) is 0. The Hall–Kier alpha value is -1.07. The molecular weight excluding hydrogens is 296 g/mol. The second-order valence-electron chi connectivity index (χ2n) is 6.31. The lowest BCUT2D eigenvalue weighted by atomic mass is 9.92. The van der Waals surface area contributed by atoms with E-state index in [0.29, 0.717) is 25.0 Å². The molecule has 5 heteroatoms. The van der Waals surface area contributed by atoms with E-state index < -0.39 is 0 Å². The fraction of sp³-hybridized carbons (Fsp3) is 0.647. The van der Waals surface area contributed by atoms with Crippen molar-refractivity contribution in [3.05, 3.63) is 30.1 Å². The SMILES string of the molecule is CCCCC(=O)N1CC2(CC(OCc3ccccn3)CS2)C1. The van der Waals surface area contributed by atoms with E-state index in [9.17, 15) is 4.79 Å². The van der Waals surface area contributed by atoms with Gasteiger partial charge in [0.25, 0.3) is 0 Å². The maximum atomic E-state index is 12.0. The number of nitrogens with zero attached hydrogens (tertiary/aromatic N) is 2. The summed E-state index contributed by atoms with van der Waals surface area (Å²) in [6, 6.07) is 5.90. The second kappa shape index (κ2) is 7.01. The molecule has 0 bridgehead atoms. The topological polar surface area (TPSA) is 42.4 Å². The molecule has 4 nitrogen and oxygen atoms in total. The number of amides is 1. The van der Waals surface area contributed by atoms with Gasteiger partial charge in [0.15, 0.2) is 0 Å². The Bertz CT molecular complexity index is 503. The van der Waals surface area contributed by atoms with E-state index in [-0.39, 0.29) is 4.75 Å². The van der Waals surface area contributed by atoms with E-state index in [4.69, 9.17) is 4.74 Å². The number of ether oxygens (including phenoxy) is 1. The molecule has 3 heterocycles. The van der Waals surface area contributed by atoms with Crippen molar-refractivity contribution in [3.8, 4) is 0 Å². The van der Waals surface area contributed by atoms with Crippen LogP contribution in [0.2, 0.25) is 0 Å². The molecule has 2 aliphatic heterocycles. The summed E-state index contributed by atoms with van der Waals surface area (Å²) in [6.07, 6.45) is 5.95. The van der Waals surface area contributed by atoms with Gasteiger partial charge in [0.05, 0.1) is 23.2 Å². The third kappa shape index (κ3) is 3.63. The smallest absolute Gasteiger partial charge is 0.222 e. The molecule has 2 fully saturated rings. The minimum absolute atomic E-state index is 0.261. The Morgan fingerprint density at radius 3 is 3.09 bits per heavy atom. The maximum absolute atomic E-state index is 12.0. The van der Waals surface area contributed by atoms with Gasteiger partial charge in [-0.05, 0) is 25.0 Å². The van der Waals surface area contributed by atoms with Gasteiger partial charge >= 0.3 is 0 Å². The number of carbonyl (C=O) groups is 1. The van der Waals surface area contributed by atoms with E-state index in [2.05, 4.69) is 11.9 Å². The number of carbonyl (C=O) groups excluding carboxylic acids is 1. The van der Waals surface area contributed by atoms with Crippen LogP contribution >= 0.6 is 11.8 Å². The quantitative estimate of drug-likeness (QED) is 0.808. The molecule has 1 spiro atoms. The summed E-state index contributed by atoms with van der Waals surface area (Å²) in [7, 11) is 0. The van der Waals surface area contributed by atoms with Gasteiger partial charge in [-0.25, -0.2) is 0 Å². The number of aromatic nitrogens is 1. The van der Waals surface area contributed by atoms with Gasteiger partial charge in [-0.3, -0.25) is 9.78 Å². The second-order valence-corrected chi connectivity index (χ2v) is 7.79. The monoisotopic (exact) mass is 320 g/mol. The first-order valence-electron chi connectivity index (χ1n) is 8.14. The minimum atomic E-state index is 0.261. The number of rotatable bonds is 6. The average Bonchev–Trinajstić information content (AvgIpc) is 2.95. The molecule has 1 atom stereocenters. The Balaban J connectivity index is 1.41. The molecule has 120 valence electrons. The number of likely N-dealkylation sites (tertiary alicyclic amines) is 1. The zero-order valence-corrected chi connectivity index (χ0v) is 14.0. The summed E-state index contributed by atoms with van der Waals surface area (Å²) in [4.78, 5) is 18.3. The van der Waals surface area contributed by atoms with Crippen molar-refractivity contribution in [2.45, 2.75) is 50.1 Å². The first-order chi connectivity index (χ1) is 10.7. The zero-order chi connectivity index (χ0) is 15.4. The van der Waals surface area contributed by atoms with Crippen molar-refractivity contribution < 1.29 is 9.53 Å². The van der Waals surface area contributed by atoms with Crippen molar-refractivity contribution in [2.24, 2.45) is 0 Å². The number of hydrogen-bond acceptors (Lipinski definition) is 4. The molecule has 0 radical (unpaired) electrons. The molecule has 0 N–H and O–H groups in total. The van der Waals surface area contributed by atoms with E-state index in [0.717, 1.165) is 43.8 Å². The molecule has 1 aromatic rings. The van der Waals surface area contributed by atoms with Crippen LogP contribution in [0.1, 0.15) is 38.3 Å². The predicted molar refractivity (Wildman–Crippen MR) is 88.7 cm³/mol. The molecule has 1 aromatic heterocycles. The van der Waals surface area contributed by atoms with E-state index in [1.807, 2.05) is 34.9 Å². The fourth-order valence-electron chi connectivity index (χ4n) is 3.13. The van der Waals surface area contributed by atoms with Crippen molar-refractivity contribution in [3.63, 3.8) is 0 Å². The first-order valence-corrected chi connectivity index (χ1v) is 9.12. The van der Waals surface area contributed by atoms with E-state index in [1.165, 1.54) is 0 Å². The van der Waals surface area contributed by atoms with Gasteiger partial charge < -0.3 is 9.64 Å². The highest BCUT2D eigenvalue weighted by Gasteiger charge is 2.50. The highest BCUT2D eigenvalue weighted by atomic mass is 32.2. The predicted octanol–water partition coefficient (Wildman–Crippen LogP) is 2.87. The van der Waals surface area contributed by atoms with Crippen molar-refractivity contribution >= 4 is 17.7 Å². The van der Waals surface area contributed by atoms with Crippen LogP contribution in [0.4, 0.5) is 0 Å². The van der Waals surface area contributed by atoms with E-state index >= 15 is 0 Å². The largest absolute Gasteiger partial charge is 0.371 e. The van der Waals surface area contributed by atoms with Gasteiger partial charge in [-0.15, -0.1) is 11.8 Å².